The fraction of sp³-hybridized carbons (Fsp3) is 0.722. The Balaban J connectivity index is 3.09. The molecule has 0 rings (SSSR count). The molecule has 0 aliphatic rings. The molecule has 0 radical (unpaired) electrons. The first-order chi connectivity index (χ1) is 10.3. The van der Waals surface area contributed by atoms with Crippen molar-refractivity contribution in [3.05, 3.63) is 12.2 Å². The van der Waals surface area contributed by atoms with Gasteiger partial charge in [0.25, 0.3) is 0 Å². The van der Waals surface area contributed by atoms with Gasteiger partial charge < -0.3 is 5.11 Å². The SMILES string of the molecule is C#CCCCCCCC/C=C\CCCCSCCC(=O)O. The standard InChI is InChI=1S/C18H30O2S/c1-2-3-4-5-6-7-8-9-10-11-12-13-14-16-21-17-15-18(19)20/h1,10-11H,3-9,12-17H2,(H,19,20)/b11-10-. The molecule has 2 nitrogen and oxygen atoms in total. The van der Waals surface area contributed by atoms with Gasteiger partial charge in [-0.2, -0.15) is 11.8 Å². The van der Waals surface area contributed by atoms with Crippen molar-refractivity contribution in [3.8, 4) is 12.3 Å². The van der Waals surface area contributed by atoms with E-state index in [0.29, 0.717) is 0 Å². The molecular formula is C18H30O2S. The Labute approximate surface area is 134 Å². The lowest BCUT2D eigenvalue weighted by molar-refractivity contribution is -0.136. The molecule has 0 unspecified atom stereocenters. The van der Waals surface area contributed by atoms with Gasteiger partial charge in [0.1, 0.15) is 0 Å². The number of allylic oxidation sites excluding steroid dienone is 2. The Morgan fingerprint density at radius 1 is 0.952 bits per heavy atom. The van der Waals surface area contributed by atoms with Gasteiger partial charge in [-0.1, -0.05) is 31.4 Å². The summed E-state index contributed by atoms with van der Waals surface area (Å²) in [5.41, 5.74) is 0. The minimum atomic E-state index is -0.693. The van der Waals surface area contributed by atoms with E-state index in [2.05, 4.69) is 18.1 Å². The Hall–Kier alpha value is -0.880. The summed E-state index contributed by atoms with van der Waals surface area (Å²) in [5, 5.41) is 8.50. The molecule has 0 aromatic heterocycles. The Morgan fingerprint density at radius 3 is 2.24 bits per heavy atom. The van der Waals surface area contributed by atoms with E-state index in [-0.39, 0.29) is 6.42 Å². The van der Waals surface area contributed by atoms with E-state index >= 15 is 0 Å². The van der Waals surface area contributed by atoms with Gasteiger partial charge in [-0.15, -0.1) is 12.3 Å². The molecule has 0 aliphatic heterocycles. The van der Waals surface area contributed by atoms with Crippen molar-refractivity contribution in [3.63, 3.8) is 0 Å². The molecule has 0 atom stereocenters. The number of hydrogen-bond acceptors (Lipinski definition) is 2. The molecule has 21 heavy (non-hydrogen) atoms. The third-order valence-electron chi connectivity index (χ3n) is 3.23. The second kappa shape index (κ2) is 17.2. The zero-order chi connectivity index (χ0) is 15.6. The maximum atomic E-state index is 10.3. The van der Waals surface area contributed by atoms with E-state index in [0.717, 1.165) is 24.3 Å². The number of hydrogen-bond donors (Lipinski definition) is 1. The van der Waals surface area contributed by atoms with Gasteiger partial charge >= 0.3 is 5.97 Å². The van der Waals surface area contributed by atoms with Crippen LogP contribution in [0.2, 0.25) is 0 Å². The summed E-state index contributed by atoms with van der Waals surface area (Å²) in [6.07, 6.45) is 22.1. The predicted molar refractivity (Wildman–Crippen MR) is 93.7 cm³/mol. The zero-order valence-electron chi connectivity index (χ0n) is 13.2. The summed E-state index contributed by atoms with van der Waals surface area (Å²) in [6, 6.07) is 0. The first-order valence-electron chi connectivity index (χ1n) is 8.15. The van der Waals surface area contributed by atoms with Crippen LogP contribution in [0.25, 0.3) is 0 Å². The highest BCUT2D eigenvalue weighted by atomic mass is 32.2. The average molecular weight is 311 g/mol. The lowest BCUT2D eigenvalue weighted by Gasteiger charge is -1.99. The molecule has 0 saturated carbocycles. The zero-order valence-corrected chi connectivity index (χ0v) is 14.0. The van der Waals surface area contributed by atoms with Gasteiger partial charge in [0.2, 0.25) is 0 Å². The number of unbranched alkanes of at least 4 members (excludes halogenated alkanes) is 8. The topological polar surface area (TPSA) is 37.3 Å². The van der Waals surface area contributed by atoms with Gasteiger partial charge in [-0.3, -0.25) is 4.79 Å². The smallest absolute Gasteiger partial charge is 0.304 e. The molecular weight excluding hydrogens is 280 g/mol. The number of thioether (sulfide) groups is 1. The van der Waals surface area contributed by atoms with Crippen LogP contribution < -0.4 is 0 Å². The fourth-order valence-electron chi connectivity index (χ4n) is 1.98. The second-order valence-corrected chi connectivity index (χ2v) is 6.46. The van der Waals surface area contributed by atoms with Crippen LogP contribution in [0.5, 0.6) is 0 Å². The Kier molecular flexibility index (Phi) is 16.5. The van der Waals surface area contributed by atoms with Crippen LogP contribution >= 0.6 is 11.8 Å². The predicted octanol–water partition coefficient (Wildman–Crippen LogP) is 5.28. The lowest BCUT2D eigenvalue weighted by atomic mass is 10.1. The molecule has 3 heteroatoms. The minimum absolute atomic E-state index is 0.285. The minimum Gasteiger partial charge on any atom is -0.481 e. The van der Waals surface area contributed by atoms with E-state index in [1.165, 1.54) is 51.4 Å². The monoisotopic (exact) mass is 310 g/mol. The molecule has 0 aromatic carbocycles. The highest BCUT2D eigenvalue weighted by molar-refractivity contribution is 7.99. The van der Waals surface area contributed by atoms with Crippen molar-refractivity contribution < 1.29 is 9.90 Å². The van der Waals surface area contributed by atoms with Crippen molar-refractivity contribution in [2.75, 3.05) is 11.5 Å². The van der Waals surface area contributed by atoms with E-state index in [4.69, 9.17) is 11.5 Å². The number of rotatable bonds is 15. The number of carbonyl (C=O) groups is 1. The third-order valence-corrected chi connectivity index (χ3v) is 4.30. The molecule has 0 fully saturated rings. The van der Waals surface area contributed by atoms with Crippen LogP contribution in [0.4, 0.5) is 0 Å². The van der Waals surface area contributed by atoms with Crippen LogP contribution in [0, 0.1) is 12.3 Å². The van der Waals surface area contributed by atoms with Gasteiger partial charge in [0, 0.05) is 12.2 Å². The number of terminal acetylenes is 1. The quantitative estimate of drug-likeness (QED) is 0.254. The van der Waals surface area contributed by atoms with Crippen molar-refractivity contribution in [2.45, 2.75) is 70.6 Å². The van der Waals surface area contributed by atoms with Crippen molar-refractivity contribution in [1.82, 2.24) is 0 Å². The largest absolute Gasteiger partial charge is 0.481 e. The number of aliphatic carboxylic acids is 1. The van der Waals surface area contributed by atoms with Crippen LogP contribution in [-0.2, 0) is 4.79 Å². The van der Waals surface area contributed by atoms with Crippen LogP contribution in [0.15, 0.2) is 12.2 Å². The van der Waals surface area contributed by atoms with E-state index in [9.17, 15) is 4.79 Å². The van der Waals surface area contributed by atoms with Crippen LogP contribution in [0.3, 0.4) is 0 Å². The van der Waals surface area contributed by atoms with Gasteiger partial charge in [0.05, 0.1) is 6.42 Å². The molecule has 120 valence electrons. The Bertz CT molecular complexity index is 305. The molecule has 0 saturated heterocycles. The summed E-state index contributed by atoms with van der Waals surface area (Å²) in [6.45, 7) is 0. The van der Waals surface area contributed by atoms with E-state index in [1.54, 1.807) is 11.8 Å². The van der Waals surface area contributed by atoms with Crippen LogP contribution in [-0.4, -0.2) is 22.6 Å². The highest BCUT2D eigenvalue weighted by Crippen LogP contribution is 2.09. The first kappa shape index (κ1) is 20.1. The highest BCUT2D eigenvalue weighted by Gasteiger charge is 1.96. The average Bonchev–Trinajstić information content (AvgIpc) is 2.46. The van der Waals surface area contributed by atoms with Crippen molar-refractivity contribution in [2.24, 2.45) is 0 Å². The summed E-state index contributed by atoms with van der Waals surface area (Å²) in [7, 11) is 0. The second-order valence-electron chi connectivity index (χ2n) is 5.23. The molecule has 0 aromatic rings. The summed E-state index contributed by atoms with van der Waals surface area (Å²) < 4.78 is 0. The normalized spacial score (nSPS) is 10.8. The van der Waals surface area contributed by atoms with Crippen molar-refractivity contribution >= 4 is 17.7 Å². The van der Waals surface area contributed by atoms with Gasteiger partial charge in [0.15, 0.2) is 0 Å². The maximum absolute atomic E-state index is 10.3. The summed E-state index contributed by atoms with van der Waals surface area (Å²) in [4.78, 5) is 10.3. The molecule has 0 spiro atoms. The number of carboxylic acids is 1. The van der Waals surface area contributed by atoms with E-state index in [1.807, 2.05) is 0 Å². The van der Waals surface area contributed by atoms with Crippen molar-refractivity contribution in [1.29, 1.82) is 0 Å². The van der Waals surface area contributed by atoms with Gasteiger partial charge in [-0.05, 0) is 44.3 Å². The Morgan fingerprint density at radius 2 is 1.57 bits per heavy atom. The van der Waals surface area contributed by atoms with Crippen LogP contribution in [0.1, 0.15) is 70.6 Å². The summed E-state index contributed by atoms with van der Waals surface area (Å²) >= 11 is 1.75. The molecule has 1 N–H and O–H groups in total. The number of carboxylic acid groups (broad SMARTS) is 1. The molecule has 0 bridgehead atoms. The molecule has 0 heterocycles. The maximum Gasteiger partial charge on any atom is 0.304 e. The fourth-order valence-corrected chi connectivity index (χ4v) is 2.91. The third kappa shape index (κ3) is 19.1. The summed E-state index contributed by atoms with van der Waals surface area (Å²) in [5.74, 6) is 3.81. The molecule has 0 aliphatic carbocycles. The van der Waals surface area contributed by atoms with E-state index < -0.39 is 5.97 Å². The van der Waals surface area contributed by atoms with Gasteiger partial charge in [-0.25, -0.2) is 0 Å². The first-order valence-corrected chi connectivity index (χ1v) is 9.31. The molecule has 0 amide bonds. The lowest BCUT2D eigenvalue weighted by Crippen LogP contribution is -1.96.